The fraction of sp³-hybridized carbons (Fsp3) is 0.208. The van der Waals surface area contributed by atoms with Gasteiger partial charge in [-0.25, -0.2) is 13.2 Å². The molecule has 0 aromatic heterocycles. The molecule has 0 saturated heterocycles. The first-order valence-corrected chi connectivity index (χ1v) is 13.1. The molecule has 3 aromatic rings. The van der Waals surface area contributed by atoms with Gasteiger partial charge in [0.15, 0.2) is 4.90 Å². The van der Waals surface area contributed by atoms with Crippen molar-refractivity contribution >= 4 is 26.9 Å². The minimum absolute atomic E-state index is 0.0882. The van der Waals surface area contributed by atoms with E-state index in [0.717, 1.165) is 7.11 Å². The molecule has 180 valence electrons. The zero-order valence-electron chi connectivity index (χ0n) is 18.1. The number of ether oxygens (including phenoxy) is 2. The zero-order chi connectivity index (χ0) is 24.8. The van der Waals surface area contributed by atoms with Crippen LogP contribution in [0.5, 0.6) is 5.75 Å². The number of rotatable bonds is 8. The van der Waals surface area contributed by atoms with Gasteiger partial charge in [0.05, 0.1) is 7.11 Å². The quantitative estimate of drug-likeness (QED) is 0.227. The molecule has 0 aliphatic carbocycles. The number of halogens is 3. The van der Waals surface area contributed by atoms with Crippen molar-refractivity contribution < 1.29 is 35.9 Å². The maximum absolute atomic E-state index is 13.8. The Balaban J connectivity index is 2.09. The van der Waals surface area contributed by atoms with Gasteiger partial charge in [-0.1, -0.05) is 60.7 Å². The molecular weight excluding hydrogens is 489 g/mol. The molecule has 0 heterocycles. The summed E-state index contributed by atoms with van der Waals surface area (Å²) < 4.78 is 74.6. The van der Waals surface area contributed by atoms with E-state index < -0.39 is 37.0 Å². The number of hydrogen-bond acceptors (Lipinski definition) is 5. The number of sulfone groups is 1. The van der Waals surface area contributed by atoms with Crippen LogP contribution in [0.25, 0.3) is 0 Å². The fourth-order valence-corrected chi connectivity index (χ4v) is 8.11. The lowest BCUT2D eigenvalue weighted by Crippen LogP contribution is -2.41. The molecule has 2 unspecified atom stereocenters. The molecular formula is C24H22F3O5S2+. The molecule has 34 heavy (non-hydrogen) atoms. The number of carbonyl (C=O) groups is 1. The Morgan fingerprint density at radius 1 is 0.882 bits per heavy atom. The van der Waals surface area contributed by atoms with E-state index in [-0.39, 0.29) is 17.9 Å². The predicted octanol–water partition coefficient (Wildman–Crippen LogP) is 5.51. The van der Waals surface area contributed by atoms with E-state index in [4.69, 9.17) is 4.74 Å². The first kappa shape index (κ1) is 25.6. The topological polar surface area (TPSA) is 69.7 Å². The second-order valence-electron chi connectivity index (χ2n) is 7.20. The van der Waals surface area contributed by atoms with Crippen molar-refractivity contribution in [3.05, 3.63) is 96.1 Å². The first-order valence-electron chi connectivity index (χ1n) is 10.1. The van der Waals surface area contributed by atoms with Crippen molar-refractivity contribution in [2.75, 3.05) is 7.11 Å². The highest BCUT2D eigenvalue weighted by molar-refractivity contribution is 8.11. The number of benzene rings is 3. The van der Waals surface area contributed by atoms with Gasteiger partial charge < -0.3 is 9.47 Å². The lowest BCUT2D eigenvalue weighted by molar-refractivity contribution is -0.0438. The van der Waals surface area contributed by atoms with Gasteiger partial charge in [-0.05, 0) is 29.8 Å². The first-order chi connectivity index (χ1) is 16.1. The normalized spacial score (nSPS) is 13.6. The Kier molecular flexibility index (Phi) is 8.27. The second kappa shape index (κ2) is 11.0. The van der Waals surface area contributed by atoms with Crippen LogP contribution in [-0.2, 0) is 37.6 Å². The van der Waals surface area contributed by atoms with Crippen LogP contribution in [0.15, 0.2) is 89.8 Å². The van der Waals surface area contributed by atoms with Gasteiger partial charge in [-0.15, -0.1) is 0 Å². The van der Waals surface area contributed by atoms with Crippen LogP contribution in [0.3, 0.4) is 0 Å². The summed E-state index contributed by atoms with van der Waals surface area (Å²) in [4.78, 5) is 11.7. The SMILES string of the molecule is COC(=O)Oc1ccc([S+](Cc2ccccc2)C(Cc2ccccc2)S(=O)(=O)C(F)(F)F)cc1. The van der Waals surface area contributed by atoms with Gasteiger partial charge in [0.2, 0.25) is 4.58 Å². The minimum Gasteiger partial charge on any atom is -0.437 e. The van der Waals surface area contributed by atoms with Gasteiger partial charge in [-0.2, -0.15) is 13.2 Å². The van der Waals surface area contributed by atoms with Crippen molar-refractivity contribution in [3.63, 3.8) is 0 Å². The van der Waals surface area contributed by atoms with Gasteiger partial charge in [0.1, 0.15) is 11.5 Å². The molecule has 0 bridgehead atoms. The van der Waals surface area contributed by atoms with Crippen molar-refractivity contribution in [2.24, 2.45) is 0 Å². The predicted molar refractivity (Wildman–Crippen MR) is 124 cm³/mol. The van der Waals surface area contributed by atoms with Gasteiger partial charge in [-0.3, -0.25) is 0 Å². The highest BCUT2D eigenvalue weighted by Crippen LogP contribution is 2.37. The van der Waals surface area contributed by atoms with E-state index in [1.807, 2.05) is 0 Å². The summed E-state index contributed by atoms with van der Waals surface area (Å²) >= 11 is 0. The second-order valence-corrected chi connectivity index (χ2v) is 11.8. The number of hydrogen-bond donors (Lipinski definition) is 0. The number of methoxy groups -OCH3 is 1. The van der Waals surface area contributed by atoms with E-state index in [1.54, 1.807) is 60.7 Å². The number of carbonyl (C=O) groups excluding carboxylic acids is 1. The largest absolute Gasteiger partial charge is 0.513 e. The third-order valence-electron chi connectivity index (χ3n) is 4.89. The molecule has 0 spiro atoms. The van der Waals surface area contributed by atoms with Crippen LogP contribution in [0, 0.1) is 0 Å². The average Bonchev–Trinajstić information content (AvgIpc) is 2.82. The maximum Gasteiger partial charge on any atom is 0.513 e. The van der Waals surface area contributed by atoms with Crippen LogP contribution in [0.2, 0.25) is 0 Å². The van der Waals surface area contributed by atoms with E-state index in [1.165, 1.54) is 24.3 Å². The summed E-state index contributed by atoms with van der Waals surface area (Å²) in [5.41, 5.74) is -4.23. The molecule has 0 aliphatic rings. The Hall–Kier alpha value is -2.98. The molecule has 0 fully saturated rings. The summed E-state index contributed by atoms with van der Waals surface area (Å²) in [7, 11) is -5.78. The van der Waals surface area contributed by atoms with Gasteiger partial charge in [0, 0.05) is 22.9 Å². The third kappa shape index (κ3) is 6.32. The summed E-state index contributed by atoms with van der Waals surface area (Å²) in [6.45, 7) is 0. The Bertz CT molecular complexity index is 1180. The van der Waals surface area contributed by atoms with Crippen LogP contribution in [-0.4, -0.2) is 31.8 Å². The molecule has 0 amide bonds. The third-order valence-corrected chi connectivity index (χ3v) is 10.2. The fourth-order valence-electron chi connectivity index (χ4n) is 3.22. The number of alkyl halides is 3. The molecule has 0 saturated carbocycles. The van der Waals surface area contributed by atoms with Crippen LogP contribution >= 0.6 is 0 Å². The van der Waals surface area contributed by atoms with Crippen LogP contribution in [0.1, 0.15) is 11.1 Å². The van der Waals surface area contributed by atoms with Crippen LogP contribution in [0.4, 0.5) is 18.0 Å². The molecule has 3 rings (SSSR count). The van der Waals surface area contributed by atoms with Crippen molar-refractivity contribution in [2.45, 2.75) is 27.2 Å². The van der Waals surface area contributed by atoms with E-state index in [2.05, 4.69) is 4.74 Å². The molecule has 3 aromatic carbocycles. The standard InChI is InChI=1S/C24H22F3O5S2/c1-31-23(28)32-20-12-14-21(15-13-20)33(17-19-10-6-3-7-11-19)22(34(29,30)24(25,26)27)16-18-8-4-2-5-9-18/h2-15,22H,16-17H2,1H3/q+1. The van der Waals surface area contributed by atoms with Gasteiger partial charge >= 0.3 is 11.7 Å². The van der Waals surface area contributed by atoms with Crippen molar-refractivity contribution in [1.29, 1.82) is 0 Å². The lowest BCUT2D eigenvalue weighted by atomic mass is 10.2. The highest BCUT2D eigenvalue weighted by atomic mass is 32.3. The highest BCUT2D eigenvalue weighted by Gasteiger charge is 2.58. The average molecular weight is 512 g/mol. The molecule has 0 radical (unpaired) electrons. The Morgan fingerprint density at radius 3 is 1.91 bits per heavy atom. The van der Waals surface area contributed by atoms with Crippen molar-refractivity contribution in [3.8, 4) is 5.75 Å². The minimum atomic E-state index is -5.53. The zero-order valence-corrected chi connectivity index (χ0v) is 19.7. The Morgan fingerprint density at radius 2 is 1.41 bits per heavy atom. The maximum atomic E-state index is 13.8. The molecule has 2 atom stereocenters. The summed E-state index contributed by atoms with van der Waals surface area (Å²) in [6.07, 6.45) is -1.25. The summed E-state index contributed by atoms with van der Waals surface area (Å²) in [5.74, 6) is 0.211. The summed E-state index contributed by atoms with van der Waals surface area (Å²) in [5, 5.41) is 0. The van der Waals surface area contributed by atoms with Crippen molar-refractivity contribution in [1.82, 2.24) is 0 Å². The smallest absolute Gasteiger partial charge is 0.437 e. The lowest BCUT2D eigenvalue weighted by Gasteiger charge is -2.21. The van der Waals surface area contributed by atoms with E-state index in [9.17, 15) is 26.4 Å². The molecule has 5 nitrogen and oxygen atoms in total. The van der Waals surface area contributed by atoms with E-state index >= 15 is 0 Å². The van der Waals surface area contributed by atoms with Crippen LogP contribution < -0.4 is 4.74 Å². The molecule has 10 heteroatoms. The van der Waals surface area contributed by atoms with E-state index in [0.29, 0.717) is 16.0 Å². The monoisotopic (exact) mass is 511 g/mol. The molecule has 0 N–H and O–H groups in total. The Labute approximate surface area is 198 Å². The van der Waals surface area contributed by atoms with Gasteiger partial charge in [0.25, 0.3) is 9.84 Å². The summed E-state index contributed by atoms with van der Waals surface area (Å²) in [6, 6.07) is 22.7. The molecule has 0 aliphatic heterocycles.